The van der Waals surface area contributed by atoms with Crippen LogP contribution in [0.15, 0.2) is 30.9 Å². The zero-order valence-electron chi connectivity index (χ0n) is 12.6. The van der Waals surface area contributed by atoms with Gasteiger partial charge in [0, 0.05) is 30.8 Å². The summed E-state index contributed by atoms with van der Waals surface area (Å²) in [5.74, 6) is 0.660. The second-order valence-electron chi connectivity index (χ2n) is 5.51. The number of carbonyl (C=O) groups is 1. The molecule has 4 rings (SSSR count). The van der Waals surface area contributed by atoms with Crippen LogP contribution in [0.1, 0.15) is 28.0 Å². The number of nitrogens with zero attached hydrogens (tertiary/aromatic N) is 5. The Bertz CT molecular complexity index is 854. The molecule has 0 spiro atoms. The summed E-state index contributed by atoms with van der Waals surface area (Å²) < 4.78 is 7.34. The first-order chi connectivity index (χ1) is 11.2. The van der Waals surface area contributed by atoms with Gasteiger partial charge in [-0.05, 0) is 13.0 Å². The average molecular weight is 312 g/mol. The molecule has 118 valence electrons. The van der Waals surface area contributed by atoms with Gasteiger partial charge in [0.2, 0.25) is 0 Å². The second kappa shape index (κ2) is 5.47. The van der Waals surface area contributed by atoms with Crippen molar-refractivity contribution in [1.29, 1.82) is 0 Å². The first-order valence-electron chi connectivity index (χ1n) is 7.43. The number of morpholine rings is 1. The van der Waals surface area contributed by atoms with Crippen LogP contribution in [0.25, 0.3) is 5.65 Å². The van der Waals surface area contributed by atoms with Crippen LogP contribution in [0.5, 0.6) is 0 Å². The van der Waals surface area contributed by atoms with Gasteiger partial charge in [-0.15, -0.1) is 0 Å². The van der Waals surface area contributed by atoms with Gasteiger partial charge in [-0.25, -0.2) is 14.5 Å². The molecular weight excluding hydrogens is 296 g/mol. The largest absolute Gasteiger partial charge is 0.367 e. The summed E-state index contributed by atoms with van der Waals surface area (Å²) in [4.78, 5) is 26.3. The Hall–Kier alpha value is -2.74. The van der Waals surface area contributed by atoms with E-state index < -0.39 is 0 Å². The van der Waals surface area contributed by atoms with E-state index in [-0.39, 0.29) is 12.0 Å². The van der Waals surface area contributed by atoms with Crippen molar-refractivity contribution in [2.45, 2.75) is 13.0 Å². The fourth-order valence-electron chi connectivity index (χ4n) is 2.74. The van der Waals surface area contributed by atoms with Crippen LogP contribution in [0.3, 0.4) is 0 Å². The summed E-state index contributed by atoms with van der Waals surface area (Å²) in [5.41, 5.74) is 2.04. The number of hydrogen-bond donors (Lipinski definition) is 1. The number of hydrogen-bond acceptors (Lipinski definition) is 5. The second-order valence-corrected chi connectivity index (χ2v) is 5.51. The smallest absolute Gasteiger partial charge is 0.259 e. The molecule has 0 bridgehead atoms. The SMILES string of the molecule is Cc1cnc(C2CN(C(=O)c3cnn4cccnc34)CCO2)[nH]1. The van der Waals surface area contributed by atoms with E-state index in [4.69, 9.17) is 4.74 Å². The van der Waals surface area contributed by atoms with Gasteiger partial charge in [-0.1, -0.05) is 0 Å². The van der Waals surface area contributed by atoms with Gasteiger partial charge in [0.1, 0.15) is 17.5 Å². The number of imidazole rings is 1. The number of H-pyrrole nitrogens is 1. The van der Waals surface area contributed by atoms with Crippen molar-refractivity contribution in [2.24, 2.45) is 0 Å². The highest BCUT2D eigenvalue weighted by molar-refractivity contribution is 5.99. The molecule has 1 N–H and O–H groups in total. The van der Waals surface area contributed by atoms with E-state index in [1.165, 1.54) is 0 Å². The van der Waals surface area contributed by atoms with Crippen LogP contribution in [0.4, 0.5) is 0 Å². The first-order valence-corrected chi connectivity index (χ1v) is 7.43. The highest BCUT2D eigenvalue weighted by Gasteiger charge is 2.29. The Morgan fingerprint density at radius 1 is 1.39 bits per heavy atom. The predicted octanol–water partition coefficient (Wildman–Crippen LogP) is 0.975. The standard InChI is InChI=1S/C15H16N6O2/c1-10-7-17-13(19-10)12-9-20(5-6-23-12)15(22)11-8-18-21-4-2-3-16-14(11)21/h2-4,7-8,12H,5-6,9H2,1H3,(H,17,19). The number of fused-ring (bicyclic) bond motifs is 1. The fraction of sp³-hybridized carbons (Fsp3) is 0.333. The minimum absolute atomic E-state index is 0.0877. The minimum Gasteiger partial charge on any atom is -0.367 e. The Labute approximate surface area is 132 Å². The highest BCUT2D eigenvalue weighted by Crippen LogP contribution is 2.21. The number of ether oxygens (including phenoxy) is 1. The van der Waals surface area contributed by atoms with Gasteiger partial charge in [0.05, 0.1) is 19.3 Å². The van der Waals surface area contributed by atoms with Gasteiger partial charge in [-0.2, -0.15) is 5.10 Å². The normalized spacial score (nSPS) is 18.5. The molecule has 1 aliphatic rings. The van der Waals surface area contributed by atoms with Crippen LogP contribution < -0.4 is 0 Å². The van der Waals surface area contributed by atoms with E-state index in [0.717, 1.165) is 11.5 Å². The molecule has 0 aliphatic carbocycles. The molecule has 1 atom stereocenters. The third-order valence-electron chi connectivity index (χ3n) is 3.89. The van der Waals surface area contributed by atoms with Crippen molar-refractivity contribution in [2.75, 3.05) is 19.7 Å². The summed E-state index contributed by atoms with van der Waals surface area (Å²) in [6.45, 7) is 3.41. The molecule has 8 heteroatoms. The first kappa shape index (κ1) is 13.9. The molecule has 4 heterocycles. The van der Waals surface area contributed by atoms with E-state index in [1.54, 1.807) is 40.3 Å². The Morgan fingerprint density at radius 3 is 3.13 bits per heavy atom. The molecular formula is C15H16N6O2. The van der Waals surface area contributed by atoms with E-state index in [1.807, 2.05) is 6.92 Å². The molecule has 1 saturated heterocycles. The highest BCUT2D eigenvalue weighted by atomic mass is 16.5. The lowest BCUT2D eigenvalue weighted by molar-refractivity contribution is -0.0264. The van der Waals surface area contributed by atoms with Crippen LogP contribution in [0.2, 0.25) is 0 Å². The van der Waals surface area contributed by atoms with Crippen molar-refractivity contribution >= 4 is 11.6 Å². The third kappa shape index (κ3) is 2.46. The minimum atomic E-state index is -0.240. The lowest BCUT2D eigenvalue weighted by Gasteiger charge is -2.31. The number of nitrogens with one attached hydrogen (secondary N) is 1. The summed E-state index contributed by atoms with van der Waals surface area (Å²) >= 11 is 0. The maximum absolute atomic E-state index is 12.8. The monoisotopic (exact) mass is 312 g/mol. The van der Waals surface area contributed by atoms with Crippen molar-refractivity contribution in [1.82, 2.24) is 29.5 Å². The Kier molecular flexibility index (Phi) is 3.30. The van der Waals surface area contributed by atoms with E-state index in [9.17, 15) is 4.79 Å². The predicted molar refractivity (Wildman–Crippen MR) is 80.9 cm³/mol. The van der Waals surface area contributed by atoms with Crippen LogP contribution >= 0.6 is 0 Å². The molecule has 0 saturated carbocycles. The zero-order chi connectivity index (χ0) is 15.8. The van der Waals surface area contributed by atoms with Crippen molar-refractivity contribution in [3.8, 4) is 0 Å². The van der Waals surface area contributed by atoms with Crippen molar-refractivity contribution < 1.29 is 9.53 Å². The molecule has 8 nitrogen and oxygen atoms in total. The number of aromatic nitrogens is 5. The number of rotatable bonds is 2. The Morgan fingerprint density at radius 2 is 2.30 bits per heavy atom. The van der Waals surface area contributed by atoms with Crippen molar-refractivity contribution in [3.05, 3.63) is 47.9 Å². The molecule has 1 fully saturated rings. The van der Waals surface area contributed by atoms with Crippen LogP contribution in [-0.2, 0) is 4.74 Å². The number of aryl methyl sites for hydroxylation is 1. The number of amides is 1. The summed E-state index contributed by atoms with van der Waals surface area (Å²) in [5, 5.41) is 4.17. The lowest BCUT2D eigenvalue weighted by atomic mass is 10.2. The van der Waals surface area contributed by atoms with E-state index in [0.29, 0.717) is 30.9 Å². The van der Waals surface area contributed by atoms with Crippen LogP contribution in [0, 0.1) is 6.92 Å². The van der Waals surface area contributed by atoms with Gasteiger partial charge in [-0.3, -0.25) is 4.79 Å². The fourth-order valence-corrected chi connectivity index (χ4v) is 2.74. The van der Waals surface area contributed by atoms with Gasteiger partial charge < -0.3 is 14.6 Å². The number of carbonyl (C=O) groups excluding carboxylic acids is 1. The Balaban J connectivity index is 1.58. The molecule has 3 aromatic heterocycles. The summed E-state index contributed by atoms with van der Waals surface area (Å²) in [6, 6.07) is 1.78. The average Bonchev–Trinajstić information content (AvgIpc) is 3.20. The molecule has 3 aromatic rings. The van der Waals surface area contributed by atoms with E-state index >= 15 is 0 Å². The van der Waals surface area contributed by atoms with Crippen LogP contribution in [-0.4, -0.2) is 55.1 Å². The molecule has 23 heavy (non-hydrogen) atoms. The summed E-state index contributed by atoms with van der Waals surface area (Å²) in [7, 11) is 0. The molecule has 1 amide bonds. The van der Waals surface area contributed by atoms with Crippen molar-refractivity contribution in [3.63, 3.8) is 0 Å². The molecule has 0 aromatic carbocycles. The zero-order valence-corrected chi connectivity index (χ0v) is 12.6. The summed E-state index contributed by atoms with van der Waals surface area (Å²) in [6.07, 6.45) is 6.51. The van der Waals surface area contributed by atoms with Gasteiger partial charge in [0.25, 0.3) is 5.91 Å². The molecule has 0 radical (unpaired) electrons. The third-order valence-corrected chi connectivity index (χ3v) is 3.89. The van der Waals surface area contributed by atoms with E-state index in [2.05, 4.69) is 20.1 Å². The van der Waals surface area contributed by atoms with Gasteiger partial charge >= 0.3 is 0 Å². The molecule has 1 unspecified atom stereocenters. The van der Waals surface area contributed by atoms with Gasteiger partial charge in [0.15, 0.2) is 5.65 Å². The quantitative estimate of drug-likeness (QED) is 0.762. The topological polar surface area (TPSA) is 88.4 Å². The maximum Gasteiger partial charge on any atom is 0.259 e. The lowest BCUT2D eigenvalue weighted by Crippen LogP contribution is -2.42. The molecule has 1 aliphatic heterocycles. The maximum atomic E-state index is 12.8. The number of aromatic amines is 1.